The lowest BCUT2D eigenvalue weighted by Crippen LogP contribution is -2.25. The third kappa shape index (κ3) is 9.60. The lowest BCUT2D eigenvalue weighted by atomic mass is 9.87. The van der Waals surface area contributed by atoms with Crippen LogP contribution >= 0.6 is 0 Å². The van der Waals surface area contributed by atoms with Crippen LogP contribution < -0.4 is 4.74 Å². The van der Waals surface area contributed by atoms with Gasteiger partial charge in [0.25, 0.3) is 5.92 Å². The maximum atomic E-state index is 14.3. The number of alkyl halides is 2. The second-order valence-electron chi connectivity index (χ2n) is 8.80. The standard InChI is InChI=1S/C25H34F2O6/c1-17(2)33-24(31)10-6-7-18(28)11-12-20-21(23(30)15-22(20)29)13-14-25(26,27)16-32-19-8-4-3-5-9-19/h3-5,8-9,13-14,17,20-23,29-30H,6-7,10-12,15-16H2,1-2H3/b14-13+/t20-,21-,22+,23-/m1/s1. The van der Waals surface area contributed by atoms with Crippen molar-refractivity contribution in [2.75, 3.05) is 6.61 Å². The number of Topliss-reactive ketones (excluding diaryl/α,β-unsaturated/α-hetero) is 1. The smallest absolute Gasteiger partial charge is 0.306 e. The molecule has 8 heteroatoms. The van der Waals surface area contributed by atoms with E-state index in [9.17, 15) is 28.6 Å². The first-order chi connectivity index (χ1) is 15.6. The highest BCUT2D eigenvalue weighted by Gasteiger charge is 2.41. The van der Waals surface area contributed by atoms with E-state index in [-0.39, 0.29) is 50.0 Å². The Labute approximate surface area is 193 Å². The van der Waals surface area contributed by atoms with Gasteiger partial charge in [0.1, 0.15) is 11.5 Å². The highest BCUT2D eigenvalue weighted by atomic mass is 19.3. The van der Waals surface area contributed by atoms with Gasteiger partial charge in [-0.2, -0.15) is 8.78 Å². The molecular formula is C25H34F2O6. The molecule has 4 atom stereocenters. The third-order valence-corrected chi connectivity index (χ3v) is 5.61. The van der Waals surface area contributed by atoms with E-state index in [0.29, 0.717) is 18.2 Å². The van der Waals surface area contributed by atoms with Gasteiger partial charge in [-0.1, -0.05) is 24.3 Å². The van der Waals surface area contributed by atoms with Crippen molar-refractivity contribution in [3.05, 3.63) is 42.5 Å². The molecule has 1 aliphatic carbocycles. The Morgan fingerprint density at radius 1 is 1.12 bits per heavy atom. The third-order valence-electron chi connectivity index (χ3n) is 5.61. The fourth-order valence-electron chi connectivity index (χ4n) is 3.98. The molecule has 1 aromatic rings. The molecule has 1 saturated carbocycles. The summed E-state index contributed by atoms with van der Waals surface area (Å²) in [6.07, 6.45) is 1.10. The highest BCUT2D eigenvalue weighted by Crippen LogP contribution is 2.37. The van der Waals surface area contributed by atoms with Crippen LogP contribution in [-0.2, 0) is 14.3 Å². The molecule has 0 heterocycles. The minimum Gasteiger partial charge on any atom is -0.487 e. The van der Waals surface area contributed by atoms with Gasteiger partial charge in [-0.3, -0.25) is 9.59 Å². The number of hydrogen-bond acceptors (Lipinski definition) is 6. The van der Waals surface area contributed by atoms with E-state index >= 15 is 0 Å². The molecule has 2 N–H and O–H groups in total. The van der Waals surface area contributed by atoms with Crippen molar-refractivity contribution < 1.29 is 38.1 Å². The highest BCUT2D eigenvalue weighted by molar-refractivity contribution is 5.79. The molecule has 1 aliphatic rings. The first-order valence-electron chi connectivity index (χ1n) is 11.4. The van der Waals surface area contributed by atoms with E-state index < -0.39 is 36.6 Å². The number of para-hydroxylation sites is 1. The predicted octanol–water partition coefficient (Wildman–Crippen LogP) is 4.09. The lowest BCUT2D eigenvalue weighted by molar-refractivity contribution is -0.147. The number of hydrogen-bond donors (Lipinski definition) is 2. The average molecular weight is 469 g/mol. The molecule has 2 rings (SSSR count). The van der Waals surface area contributed by atoms with Crippen molar-refractivity contribution in [2.24, 2.45) is 11.8 Å². The first kappa shape index (κ1) is 26.9. The summed E-state index contributed by atoms with van der Waals surface area (Å²) in [4.78, 5) is 23.7. The van der Waals surface area contributed by atoms with Gasteiger partial charge in [0.15, 0.2) is 6.61 Å². The summed E-state index contributed by atoms with van der Waals surface area (Å²) in [5.74, 6) is -4.54. The van der Waals surface area contributed by atoms with Crippen molar-refractivity contribution in [1.29, 1.82) is 0 Å². The molecule has 0 aromatic heterocycles. The van der Waals surface area contributed by atoms with Gasteiger partial charge in [0, 0.05) is 31.6 Å². The summed E-state index contributed by atoms with van der Waals surface area (Å²) >= 11 is 0. The van der Waals surface area contributed by atoms with Gasteiger partial charge < -0.3 is 19.7 Å². The van der Waals surface area contributed by atoms with Gasteiger partial charge in [0.05, 0.1) is 18.3 Å². The van der Waals surface area contributed by atoms with E-state index in [1.54, 1.807) is 44.2 Å². The molecule has 1 fully saturated rings. The Kier molecular flexibility index (Phi) is 10.4. The quantitative estimate of drug-likeness (QED) is 0.335. The minimum absolute atomic E-state index is 0.0704. The van der Waals surface area contributed by atoms with Crippen LogP contribution in [0.1, 0.15) is 52.4 Å². The van der Waals surface area contributed by atoms with Crippen LogP contribution in [-0.4, -0.2) is 52.8 Å². The van der Waals surface area contributed by atoms with Crippen molar-refractivity contribution in [2.45, 2.75) is 76.6 Å². The number of aliphatic hydroxyl groups is 2. The lowest BCUT2D eigenvalue weighted by Gasteiger charge is -2.21. The second kappa shape index (κ2) is 12.8. The zero-order valence-corrected chi connectivity index (χ0v) is 19.2. The van der Waals surface area contributed by atoms with Gasteiger partial charge in [-0.05, 0) is 50.8 Å². The van der Waals surface area contributed by atoms with Crippen LogP contribution in [0.5, 0.6) is 5.75 Å². The van der Waals surface area contributed by atoms with E-state index in [2.05, 4.69) is 0 Å². The van der Waals surface area contributed by atoms with E-state index in [1.807, 2.05) is 0 Å². The van der Waals surface area contributed by atoms with Crippen molar-refractivity contribution in [3.8, 4) is 5.75 Å². The number of carbonyl (C=O) groups is 2. The average Bonchev–Trinajstić information content (AvgIpc) is 3.01. The summed E-state index contributed by atoms with van der Waals surface area (Å²) in [6.45, 7) is 2.66. The summed E-state index contributed by atoms with van der Waals surface area (Å²) in [5, 5.41) is 20.5. The molecule has 1 aromatic carbocycles. The molecule has 0 amide bonds. The zero-order valence-electron chi connectivity index (χ0n) is 19.2. The van der Waals surface area contributed by atoms with E-state index in [1.165, 1.54) is 6.08 Å². The number of esters is 1. The molecule has 33 heavy (non-hydrogen) atoms. The van der Waals surface area contributed by atoms with Crippen LogP contribution in [0.25, 0.3) is 0 Å². The molecule has 0 radical (unpaired) electrons. The number of ketones is 1. The molecule has 6 nitrogen and oxygen atoms in total. The van der Waals surface area contributed by atoms with Gasteiger partial charge in [0.2, 0.25) is 0 Å². The number of aliphatic hydroxyl groups excluding tert-OH is 2. The van der Waals surface area contributed by atoms with Crippen molar-refractivity contribution in [1.82, 2.24) is 0 Å². The molecule has 0 aliphatic heterocycles. The SMILES string of the molecule is CC(C)OC(=O)CCCC(=O)CC[C@@H]1[C@@H](/C=C/C(F)(F)COc2ccccc2)[C@H](O)C[C@@H]1O. The summed E-state index contributed by atoms with van der Waals surface area (Å²) in [7, 11) is 0. The monoisotopic (exact) mass is 468 g/mol. The number of benzene rings is 1. The first-order valence-corrected chi connectivity index (χ1v) is 11.4. The van der Waals surface area contributed by atoms with Gasteiger partial charge in [-0.15, -0.1) is 0 Å². The van der Waals surface area contributed by atoms with Crippen LogP contribution in [0, 0.1) is 11.8 Å². The molecule has 0 spiro atoms. The summed E-state index contributed by atoms with van der Waals surface area (Å²) in [5.41, 5.74) is 0. The van der Waals surface area contributed by atoms with Crippen LogP contribution in [0.2, 0.25) is 0 Å². The molecule has 0 saturated heterocycles. The predicted molar refractivity (Wildman–Crippen MR) is 119 cm³/mol. The Balaban J connectivity index is 1.83. The normalized spacial score (nSPS) is 23.2. The summed E-state index contributed by atoms with van der Waals surface area (Å²) < 4.78 is 38.7. The van der Waals surface area contributed by atoms with Crippen LogP contribution in [0.3, 0.4) is 0 Å². The second-order valence-corrected chi connectivity index (χ2v) is 8.80. The Hall–Kier alpha value is -2.32. The number of ether oxygens (including phenoxy) is 2. The zero-order chi connectivity index (χ0) is 24.4. The molecule has 0 bridgehead atoms. The topological polar surface area (TPSA) is 93.1 Å². The Bertz CT molecular complexity index is 780. The fourth-order valence-corrected chi connectivity index (χ4v) is 3.98. The van der Waals surface area contributed by atoms with Crippen LogP contribution in [0.4, 0.5) is 8.78 Å². The molecular weight excluding hydrogens is 434 g/mol. The largest absolute Gasteiger partial charge is 0.487 e. The minimum atomic E-state index is -3.26. The maximum Gasteiger partial charge on any atom is 0.306 e. The van der Waals surface area contributed by atoms with E-state index in [4.69, 9.17) is 9.47 Å². The Morgan fingerprint density at radius 3 is 2.48 bits per heavy atom. The molecule has 184 valence electrons. The Morgan fingerprint density at radius 2 is 1.82 bits per heavy atom. The number of rotatable bonds is 13. The number of carbonyl (C=O) groups excluding carboxylic acids is 2. The maximum absolute atomic E-state index is 14.3. The summed E-state index contributed by atoms with van der Waals surface area (Å²) in [6, 6.07) is 8.28. The van der Waals surface area contributed by atoms with Crippen molar-refractivity contribution >= 4 is 11.8 Å². The van der Waals surface area contributed by atoms with Gasteiger partial charge >= 0.3 is 5.97 Å². The molecule has 0 unspecified atom stereocenters. The van der Waals surface area contributed by atoms with Gasteiger partial charge in [-0.25, -0.2) is 0 Å². The van der Waals surface area contributed by atoms with E-state index in [0.717, 1.165) is 0 Å². The fraction of sp³-hybridized carbons (Fsp3) is 0.600. The van der Waals surface area contributed by atoms with Crippen LogP contribution in [0.15, 0.2) is 42.5 Å². The number of halogens is 2. The van der Waals surface area contributed by atoms with Crippen molar-refractivity contribution in [3.63, 3.8) is 0 Å².